The number of hydrogen-bond acceptors (Lipinski definition) is 5. The van der Waals surface area contributed by atoms with Crippen molar-refractivity contribution in [1.82, 2.24) is 25.1 Å². The lowest BCUT2D eigenvalue weighted by Gasteiger charge is -2.24. The van der Waals surface area contributed by atoms with E-state index in [1.807, 2.05) is 40.0 Å². The lowest BCUT2D eigenvalue weighted by molar-refractivity contribution is -0.130. The van der Waals surface area contributed by atoms with Gasteiger partial charge >= 0.3 is 0 Å². The summed E-state index contributed by atoms with van der Waals surface area (Å²) in [6.07, 6.45) is 0. The molecule has 130 valence electrons. The van der Waals surface area contributed by atoms with E-state index < -0.39 is 0 Å². The van der Waals surface area contributed by atoms with Crippen molar-refractivity contribution < 1.29 is 4.79 Å². The van der Waals surface area contributed by atoms with Crippen molar-refractivity contribution in [3.63, 3.8) is 0 Å². The zero-order valence-corrected chi connectivity index (χ0v) is 15.9. The molecule has 0 aliphatic rings. The smallest absolute Gasteiger partial charge is 0.235 e. The van der Waals surface area contributed by atoms with E-state index in [2.05, 4.69) is 41.5 Å². The molecule has 0 spiro atoms. The van der Waals surface area contributed by atoms with Crippen molar-refractivity contribution in [2.45, 2.75) is 57.0 Å². The number of carbonyl (C=O) groups excluding carboxylic acids is 1. The van der Waals surface area contributed by atoms with E-state index in [-0.39, 0.29) is 17.2 Å². The van der Waals surface area contributed by atoms with Crippen molar-refractivity contribution in [3.8, 4) is 5.69 Å². The third kappa shape index (κ3) is 4.14. The predicted octanol–water partition coefficient (Wildman–Crippen LogP) is 3.13. The fourth-order valence-electron chi connectivity index (χ4n) is 2.16. The highest BCUT2D eigenvalue weighted by Crippen LogP contribution is 2.25. The van der Waals surface area contributed by atoms with E-state index in [9.17, 15) is 4.79 Å². The Hall–Kier alpha value is -1.89. The average molecular weight is 347 g/mol. The summed E-state index contributed by atoms with van der Waals surface area (Å²) >= 11 is 1.37. The molecular weight excluding hydrogens is 322 g/mol. The number of carbonyl (C=O) groups is 1. The van der Waals surface area contributed by atoms with Gasteiger partial charge in [0.05, 0.1) is 10.9 Å². The number of hydrogen-bond donors (Lipinski definition) is 0. The molecule has 1 unspecified atom stereocenters. The summed E-state index contributed by atoms with van der Waals surface area (Å²) in [6.45, 7) is 10.2. The van der Waals surface area contributed by atoms with E-state index in [0.29, 0.717) is 11.1 Å². The van der Waals surface area contributed by atoms with Crippen molar-refractivity contribution in [2.75, 3.05) is 7.05 Å². The molecule has 1 aromatic carbocycles. The van der Waals surface area contributed by atoms with Gasteiger partial charge in [-0.3, -0.25) is 4.79 Å². The summed E-state index contributed by atoms with van der Waals surface area (Å²) in [5.41, 5.74) is 2.16. The molecule has 7 heteroatoms. The van der Waals surface area contributed by atoms with Crippen LogP contribution in [0.1, 0.15) is 46.1 Å². The van der Waals surface area contributed by atoms with Gasteiger partial charge in [-0.15, -0.1) is 5.10 Å². The predicted molar refractivity (Wildman–Crippen MR) is 96.5 cm³/mol. The minimum atomic E-state index is -0.253. The van der Waals surface area contributed by atoms with Crippen LogP contribution in [-0.2, 0) is 4.79 Å². The van der Waals surface area contributed by atoms with Gasteiger partial charge in [0, 0.05) is 13.1 Å². The first kappa shape index (κ1) is 18.4. The summed E-state index contributed by atoms with van der Waals surface area (Å²) in [7, 11) is 1.82. The maximum atomic E-state index is 12.4. The van der Waals surface area contributed by atoms with Gasteiger partial charge in [-0.05, 0) is 54.8 Å². The minimum Gasteiger partial charge on any atom is -0.342 e. The first-order valence-electron chi connectivity index (χ1n) is 8.13. The zero-order chi connectivity index (χ0) is 17.9. The summed E-state index contributed by atoms with van der Waals surface area (Å²) in [5, 5.41) is 12.3. The van der Waals surface area contributed by atoms with E-state index in [4.69, 9.17) is 0 Å². The number of thioether (sulfide) groups is 1. The first-order chi connectivity index (χ1) is 11.3. The Labute approximate surface area is 147 Å². The first-order valence-corrected chi connectivity index (χ1v) is 9.01. The van der Waals surface area contributed by atoms with Gasteiger partial charge in [-0.25, -0.2) is 0 Å². The van der Waals surface area contributed by atoms with Crippen molar-refractivity contribution >= 4 is 17.7 Å². The van der Waals surface area contributed by atoms with Crippen LogP contribution >= 0.6 is 11.8 Å². The van der Waals surface area contributed by atoms with Gasteiger partial charge in [-0.2, -0.15) is 4.68 Å². The Morgan fingerprint density at radius 1 is 1.12 bits per heavy atom. The summed E-state index contributed by atoms with van der Waals surface area (Å²) < 4.78 is 1.67. The van der Waals surface area contributed by atoms with Gasteiger partial charge in [-0.1, -0.05) is 37.7 Å². The second kappa shape index (κ2) is 7.79. The molecule has 1 atom stereocenters. The molecule has 0 bridgehead atoms. The van der Waals surface area contributed by atoms with E-state index >= 15 is 0 Å². The minimum absolute atomic E-state index is 0.0692. The molecule has 2 rings (SSSR count). The number of amides is 1. The molecule has 0 N–H and O–H groups in total. The lowest BCUT2D eigenvalue weighted by atomic mass is 10.0. The summed E-state index contributed by atoms with van der Waals surface area (Å²) in [5.74, 6) is 0.547. The van der Waals surface area contributed by atoms with E-state index in [1.54, 1.807) is 9.58 Å². The number of tetrazole rings is 1. The molecule has 2 aromatic rings. The summed E-state index contributed by atoms with van der Waals surface area (Å²) in [6, 6.07) is 8.33. The third-order valence-corrected chi connectivity index (χ3v) is 5.02. The molecule has 0 fully saturated rings. The Kier molecular flexibility index (Phi) is 5.99. The van der Waals surface area contributed by atoms with Crippen LogP contribution in [0.5, 0.6) is 0 Å². The van der Waals surface area contributed by atoms with Crippen LogP contribution in [0, 0.1) is 0 Å². The van der Waals surface area contributed by atoms with Gasteiger partial charge < -0.3 is 4.90 Å². The standard InChI is InChI=1S/C17H25N5OS/c1-11(2)14-7-9-15(10-8-14)22-17(18-19-20-22)24-13(5)16(23)21(6)12(3)4/h7-13H,1-6H3. The maximum absolute atomic E-state index is 12.4. The molecule has 1 heterocycles. The maximum Gasteiger partial charge on any atom is 0.235 e. The highest BCUT2D eigenvalue weighted by Gasteiger charge is 2.23. The topological polar surface area (TPSA) is 63.9 Å². The van der Waals surface area contributed by atoms with Crippen molar-refractivity contribution in [2.24, 2.45) is 0 Å². The van der Waals surface area contributed by atoms with Crippen LogP contribution in [0.3, 0.4) is 0 Å². The fourth-order valence-corrected chi connectivity index (χ4v) is 3.07. The fraction of sp³-hybridized carbons (Fsp3) is 0.529. The van der Waals surface area contributed by atoms with Gasteiger partial charge in [0.2, 0.25) is 11.1 Å². The van der Waals surface area contributed by atoms with Crippen LogP contribution in [0.25, 0.3) is 5.69 Å². The van der Waals surface area contributed by atoms with Crippen LogP contribution in [0.4, 0.5) is 0 Å². The number of nitrogens with zero attached hydrogens (tertiary/aromatic N) is 5. The highest BCUT2D eigenvalue weighted by atomic mass is 32.2. The molecule has 6 nitrogen and oxygen atoms in total. The molecule has 0 saturated heterocycles. The van der Waals surface area contributed by atoms with Crippen LogP contribution in [0.15, 0.2) is 29.4 Å². The Balaban J connectivity index is 2.17. The molecule has 1 aromatic heterocycles. The van der Waals surface area contributed by atoms with Gasteiger partial charge in [0.15, 0.2) is 0 Å². The number of benzene rings is 1. The van der Waals surface area contributed by atoms with Crippen molar-refractivity contribution in [3.05, 3.63) is 29.8 Å². The van der Waals surface area contributed by atoms with Crippen LogP contribution < -0.4 is 0 Å². The molecule has 0 aliphatic heterocycles. The second-order valence-electron chi connectivity index (χ2n) is 6.42. The second-order valence-corrected chi connectivity index (χ2v) is 7.73. The number of rotatable bonds is 6. The Bertz CT molecular complexity index is 681. The largest absolute Gasteiger partial charge is 0.342 e. The average Bonchev–Trinajstić information content (AvgIpc) is 3.01. The van der Waals surface area contributed by atoms with Gasteiger partial charge in [0.25, 0.3) is 0 Å². The monoisotopic (exact) mass is 347 g/mol. The third-order valence-electron chi connectivity index (χ3n) is 4.00. The lowest BCUT2D eigenvalue weighted by Crippen LogP contribution is -2.38. The molecule has 0 aliphatic carbocycles. The normalized spacial score (nSPS) is 12.7. The molecular formula is C17H25N5OS. The molecule has 1 amide bonds. The van der Waals surface area contributed by atoms with Gasteiger partial charge in [0.1, 0.15) is 0 Å². The summed E-state index contributed by atoms with van der Waals surface area (Å²) in [4.78, 5) is 14.1. The molecule has 24 heavy (non-hydrogen) atoms. The molecule has 0 saturated carbocycles. The van der Waals surface area contributed by atoms with E-state index in [1.165, 1.54) is 17.3 Å². The van der Waals surface area contributed by atoms with Crippen LogP contribution in [0.2, 0.25) is 0 Å². The molecule has 0 radical (unpaired) electrons. The van der Waals surface area contributed by atoms with E-state index in [0.717, 1.165) is 5.69 Å². The number of aromatic nitrogens is 4. The SMILES string of the molecule is CC(Sc1nnnn1-c1ccc(C(C)C)cc1)C(=O)N(C)C(C)C. The van der Waals surface area contributed by atoms with Crippen LogP contribution in [-0.4, -0.2) is 49.4 Å². The van der Waals surface area contributed by atoms with Crippen molar-refractivity contribution in [1.29, 1.82) is 0 Å². The highest BCUT2D eigenvalue weighted by molar-refractivity contribution is 8.00. The Morgan fingerprint density at radius 2 is 1.75 bits per heavy atom. The Morgan fingerprint density at radius 3 is 2.29 bits per heavy atom. The zero-order valence-electron chi connectivity index (χ0n) is 15.1. The quantitative estimate of drug-likeness (QED) is 0.751.